The monoisotopic (exact) mass is 328 g/mol. The van der Waals surface area contributed by atoms with Crippen molar-refractivity contribution in [3.05, 3.63) is 58.9 Å². The highest BCUT2D eigenvalue weighted by atomic mass is 35.5. The second kappa shape index (κ2) is 6.63. The number of imidazole rings is 1. The highest BCUT2D eigenvalue weighted by Crippen LogP contribution is 2.23. The first kappa shape index (κ1) is 15.9. The van der Waals surface area contributed by atoms with Crippen LogP contribution in [0.2, 0.25) is 5.02 Å². The average Bonchev–Trinajstić information content (AvgIpc) is 2.83. The molecule has 0 spiro atoms. The average molecular weight is 329 g/mol. The van der Waals surface area contributed by atoms with Gasteiger partial charge in [0.25, 0.3) is 0 Å². The fourth-order valence-electron chi connectivity index (χ4n) is 2.69. The van der Waals surface area contributed by atoms with E-state index in [2.05, 4.69) is 18.4 Å². The lowest BCUT2D eigenvalue weighted by Gasteiger charge is -2.13. The summed E-state index contributed by atoms with van der Waals surface area (Å²) >= 11 is 6.10. The van der Waals surface area contributed by atoms with Gasteiger partial charge in [-0.3, -0.25) is 0 Å². The summed E-state index contributed by atoms with van der Waals surface area (Å²) in [7, 11) is 0. The maximum atomic E-state index is 6.10. The van der Waals surface area contributed by atoms with Gasteiger partial charge in [-0.15, -0.1) is 0 Å². The van der Waals surface area contributed by atoms with Gasteiger partial charge in [-0.1, -0.05) is 43.6 Å². The number of hydrogen-bond acceptors (Lipinski definition) is 2. The van der Waals surface area contributed by atoms with Crippen LogP contribution in [-0.2, 0) is 13.2 Å². The number of rotatable bonds is 5. The van der Waals surface area contributed by atoms with Crippen molar-refractivity contribution in [1.82, 2.24) is 9.55 Å². The highest BCUT2D eigenvalue weighted by molar-refractivity contribution is 6.31. The van der Waals surface area contributed by atoms with Crippen molar-refractivity contribution in [2.24, 2.45) is 5.92 Å². The topological polar surface area (TPSA) is 27.1 Å². The largest absolute Gasteiger partial charge is 0.485 e. The van der Waals surface area contributed by atoms with Gasteiger partial charge >= 0.3 is 0 Å². The zero-order valence-corrected chi connectivity index (χ0v) is 14.5. The molecule has 0 saturated heterocycles. The smallest absolute Gasteiger partial charge is 0.148 e. The lowest BCUT2D eigenvalue weighted by molar-refractivity contribution is 0.286. The van der Waals surface area contributed by atoms with E-state index in [0.29, 0.717) is 17.5 Å². The van der Waals surface area contributed by atoms with Crippen LogP contribution < -0.4 is 4.74 Å². The number of hydrogen-bond donors (Lipinski definition) is 0. The number of para-hydroxylation sites is 1. The van der Waals surface area contributed by atoms with Crippen molar-refractivity contribution >= 4 is 22.6 Å². The molecule has 3 rings (SSSR count). The van der Waals surface area contributed by atoms with Crippen LogP contribution in [0, 0.1) is 12.8 Å². The van der Waals surface area contributed by atoms with Crippen LogP contribution in [0.25, 0.3) is 11.0 Å². The van der Waals surface area contributed by atoms with E-state index in [1.165, 1.54) is 0 Å². The zero-order valence-electron chi connectivity index (χ0n) is 13.7. The van der Waals surface area contributed by atoms with Crippen molar-refractivity contribution in [2.75, 3.05) is 0 Å². The van der Waals surface area contributed by atoms with E-state index in [9.17, 15) is 0 Å². The maximum absolute atomic E-state index is 6.10. The van der Waals surface area contributed by atoms with Crippen molar-refractivity contribution < 1.29 is 4.74 Å². The third kappa shape index (κ3) is 3.50. The standard InChI is InChI=1S/C19H21ClN2O/c1-13(2)11-22-17-9-8-15(20)10-16(17)21-19(22)12-23-18-7-5-4-6-14(18)3/h4-10,13H,11-12H2,1-3H3. The molecule has 0 aliphatic carbocycles. The van der Waals surface area contributed by atoms with Crippen molar-refractivity contribution in [1.29, 1.82) is 0 Å². The zero-order chi connectivity index (χ0) is 16.4. The molecule has 0 radical (unpaired) electrons. The van der Waals surface area contributed by atoms with E-state index < -0.39 is 0 Å². The van der Waals surface area contributed by atoms with E-state index in [-0.39, 0.29) is 0 Å². The molecular weight excluding hydrogens is 308 g/mol. The fourth-order valence-corrected chi connectivity index (χ4v) is 2.86. The molecule has 0 amide bonds. The molecule has 23 heavy (non-hydrogen) atoms. The number of aromatic nitrogens is 2. The molecule has 1 aromatic heterocycles. The van der Waals surface area contributed by atoms with Crippen LogP contribution in [0.1, 0.15) is 25.2 Å². The molecule has 3 nitrogen and oxygen atoms in total. The predicted molar refractivity (Wildman–Crippen MR) is 95.1 cm³/mol. The lowest BCUT2D eigenvalue weighted by Crippen LogP contribution is -2.11. The Morgan fingerprint density at radius 3 is 2.70 bits per heavy atom. The summed E-state index contributed by atoms with van der Waals surface area (Å²) < 4.78 is 8.22. The van der Waals surface area contributed by atoms with E-state index in [0.717, 1.165) is 34.7 Å². The Bertz CT molecular complexity index is 823. The van der Waals surface area contributed by atoms with Crippen molar-refractivity contribution in [3.63, 3.8) is 0 Å². The van der Waals surface area contributed by atoms with Crippen molar-refractivity contribution in [3.8, 4) is 5.75 Å². The maximum Gasteiger partial charge on any atom is 0.148 e. The Hall–Kier alpha value is -2.00. The van der Waals surface area contributed by atoms with Gasteiger partial charge in [0.15, 0.2) is 0 Å². The van der Waals surface area contributed by atoms with Gasteiger partial charge in [0.1, 0.15) is 18.2 Å². The van der Waals surface area contributed by atoms with Crippen LogP contribution in [0.15, 0.2) is 42.5 Å². The molecule has 0 fully saturated rings. The second-order valence-corrected chi connectivity index (χ2v) is 6.66. The normalized spacial score (nSPS) is 11.3. The van der Waals surface area contributed by atoms with E-state index in [4.69, 9.17) is 21.3 Å². The molecule has 4 heteroatoms. The van der Waals surface area contributed by atoms with Crippen molar-refractivity contribution in [2.45, 2.75) is 33.9 Å². The Morgan fingerprint density at radius 2 is 1.96 bits per heavy atom. The lowest BCUT2D eigenvalue weighted by atomic mass is 10.2. The minimum atomic E-state index is 0.448. The van der Waals surface area contributed by atoms with Crippen LogP contribution in [0.4, 0.5) is 0 Å². The van der Waals surface area contributed by atoms with Crippen LogP contribution in [-0.4, -0.2) is 9.55 Å². The van der Waals surface area contributed by atoms with Gasteiger partial charge in [0.05, 0.1) is 11.0 Å². The number of fused-ring (bicyclic) bond motifs is 1. The number of halogens is 1. The molecule has 0 aliphatic heterocycles. The van der Waals surface area contributed by atoms with Crippen LogP contribution in [0.3, 0.4) is 0 Å². The van der Waals surface area contributed by atoms with Crippen LogP contribution in [0.5, 0.6) is 5.75 Å². The van der Waals surface area contributed by atoms with Gasteiger partial charge in [0, 0.05) is 11.6 Å². The van der Waals surface area contributed by atoms with Gasteiger partial charge in [-0.25, -0.2) is 4.98 Å². The van der Waals surface area contributed by atoms with Gasteiger partial charge < -0.3 is 9.30 Å². The van der Waals surface area contributed by atoms with Gasteiger partial charge in [-0.05, 0) is 42.7 Å². The summed E-state index contributed by atoms with van der Waals surface area (Å²) in [4.78, 5) is 4.72. The Morgan fingerprint density at radius 1 is 1.17 bits per heavy atom. The third-order valence-corrected chi connectivity index (χ3v) is 4.02. The third-order valence-electron chi connectivity index (χ3n) is 3.79. The van der Waals surface area contributed by atoms with E-state index in [1.807, 2.05) is 49.4 Å². The molecule has 0 atom stereocenters. The molecule has 0 unspecified atom stereocenters. The number of nitrogens with zero attached hydrogens (tertiary/aromatic N) is 2. The summed E-state index contributed by atoms with van der Waals surface area (Å²) in [5, 5.41) is 0.707. The van der Waals surface area contributed by atoms with Gasteiger partial charge in [0.2, 0.25) is 0 Å². The minimum Gasteiger partial charge on any atom is -0.485 e. The predicted octanol–water partition coefficient (Wildman–Crippen LogP) is 5.23. The molecule has 1 heterocycles. The van der Waals surface area contributed by atoms with E-state index >= 15 is 0 Å². The Kier molecular flexibility index (Phi) is 4.58. The van der Waals surface area contributed by atoms with Crippen LogP contribution >= 0.6 is 11.6 Å². The summed E-state index contributed by atoms with van der Waals surface area (Å²) in [6, 6.07) is 13.9. The summed E-state index contributed by atoms with van der Waals surface area (Å²) in [6.07, 6.45) is 0. The molecular formula is C19H21ClN2O. The molecule has 0 bridgehead atoms. The highest BCUT2D eigenvalue weighted by Gasteiger charge is 2.13. The molecule has 0 aliphatic rings. The summed E-state index contributed by atoms with van der Waals surface area (Å²) in [5.41, 5.74) is 3.15. The number of ether oxygens (including phenoxy) is 1. The Balaban J connectivity index is 1.94. The number of benzene rings is 2. The van der Waals surface area contributed by atoms with E-state index in [1.54, 1.807) is 0 Å². The molecule has 0 N–H and O–H groups in total. The SMILES string of the molecule is Cc1ccccc1OCc1nc2cc(Cl)ccc2n1CC(C)C. The minimum absolute atomic E-state index is 0.448. The molecule has 120 valence electrons. The first-order valence-electron chi connectivity index (χ1n) is 7.87. The Labute approximate surface area is 141 Å². The summed E-state index contributed by atoms with van der Waals surface area (Å²) in [6.45, 7) is 7.81. The van der Waals surface area contributed by atoms with Gasteiger partial charge in [-0.2, -0.15) is 0 Å². The second-order valence-electron chi connectivity index (χ2n) is 6.22. The molecule has 2 aromatic carbocycles. The fraction of sp³-hybridized carbons (Fsp3) is 0.316. The molecule has 0 saturated carbocycles. The first-order chi connectivity index (χ1) is 11.0. The first-order valence-corrected chi connectivity index (χ1v) is 8.25. The quantitative estimate of drug-likeness (QED) is 0.641. The summed E-state index contributed by atoms with van der Waals surface area (Å²) in [5.74, 6) is 2.35. The molecule has 3 aromatic rings. The number of aryl methyl sites for hydroxylation is 1.